The van der Waals surface area contributed by atoms with Gasteiger partial charge < -0.3 is 19.7 Å². The Bertz CT molecular complexity index is 1520. The molecule has 1 aromatic heterocycles. The Hall–Kier alpha value is -4.66. The van der Waals surface area contributed by atoms with Crippen molar-refractivity contribution in [3.8, 4) is 22.8 Å². The van der Waals surface area contributed by atoms with Gasteiger partial charge in [-0.2, -0.15) is 5.10 Å². The van der Waals surface area contributed by atoms with Crippen LogP contribution in [0.1, 0.15) is 28.5 Å². The number of amides is 2. The van der Waals surface area contributed by atoms with Gasteiger partial charge in [-0.25, -0.2) is 4.39 Å². The molecule has 200 valence electrons. The van der Waals surface area contributed by atoms with Gasteiger partial charge in [0, 0.05) is 23.2 Å². The predicted molar refractivity (Wildman–Crippen MR) is 144 cm³/mol. The summed E-state index contributed by atoms with van der Waals surface area (Å²) in [5.74, 6) is 0.107. The van der Waals surface area contributed by atoms with E-state index in [1.54, 1.807) is 50.1 Å². The number of hydrogen-bond acceptors (Lipinski definition) is 5. The number of nitrogens with one attached hydrogen (secondary N) is 1. The van der Waals surface area contributed by atoms with Gasteiger partial charge in [-0.3, -0.25) is 14.3 Å². The van der Waals surface area contributed by atoms with Gasteiger partial charge in [0.05, 0.1) is 33.0 Å². The SMILES string of the molecule is COc1ccc(-c2cc3n(n2)C[C@@](C)(C(=O)NCc2ccccc2OC)N(Cc2ccccc2F)C3=O)cc1. The lowest BCUT2D eigenvalue weighted by Crippen LogP contribution is -2.63. The van der Waals surface area contributed by atoms with Gasteiger partial charge in [-0.15, -0.1) is 0 Å². The van der Waals surface area contributed by atoms with Crippen molar-refractivity contribution in [2.75, 3.05) is 14.2 Å². The molecule has 1 aliphatic rings. The third-order valence-electron chi connectivity index (χ3n) is 7.09. The Labute approximate surface area is 226 Å². The maximum Gasteiger partial charge on any atom is 0.273 e. The predicted octanol–water partition coefficient (Wildman–Crippen LogP) is 4.44. The highest BCUT2D eigenvalue weighted by molar-refractivity contribution is 6.00. The van der Waals surface area contributed by atoms with E-state index in [1.165, 1.54) is 11.0 Å². The minimum atomic E-state index is -1.35. The number of nitrogens with zero attached hydrogens (tertiary/aromatic N) is 3. The zero-order valence-corrected chi connectivity index (χ0v) is 22.0. The molecule has 9 heteroatoms. The van der Waals surface area contributed by atoms with Crippen LogP contribution in [0.2, 0.25) is 0 Å². The van der Waals surface area contributed by atoms with E-state index in [0.29, 0.717) is 28.5 Å². The Morgan fingerprint density at radius 1 is 1.00 bits per heavy atom. The lowest BCUT2D eigenvalue weighted by molar-refractivity contribution is -0.133. The van der Waals surface area contributed by atoms with Crippen LogP contribution >= 0.6 is 0 Å². The Morgan fingerprint density at radius 3 is 2.38 bits per heavy atom. The van der Waals surface area contributed by atoms with Gasteiger partial charge in [0.15, 0.2) is 0 Å². The number of ether oxygens (including phenoxy) is 2. The van der Waals surface area contributed by atoms with E-state index < -0.39 is 17.3 Å². The van der Waals surface area contributed by atoms with Gasteiger partial charge in [-0.05, 0) is 49.4 Å². The number of methoxy groups -OCH3 is 2. The number of fused-ring (bicyclic) bond motifs is 1. The standard InChI is InChI=1S/C30H29FN4O4/c1-30(29(37)32-17-21-8-5-7-11-27(21)39-3)19-35-26(16-25(33-35)20-12-14-23(38-2)15-13-20)28(36)34(30)18-22-9-4-6-10-24(22)31/h4-16H,17-19H2,1-3H3,(H,32,37)/t30-/m0/s1. The number of rotatable bonds is 8. The van der Waals surface area contributed by atoms with Crippen LogP contribution in [0.15, 0.2) is 78.9 Å². The highest BCUT2D eigenvalue weighted by atomic mass is 19.1. The lowest BCUT2D eigenvalue weighted by Gasteiger charge is -2.43. The van der Waals surface area contributed by atoms with Crippen LogP contribution in [0.3, 0.4) is 0 Å². The molecule has 0 radical (unpaired) electrons. The molecule has 8 nitrogen and oxygen atoms in total. The third kappa shape index (κ3) is 4.95. The van der Waals surface area contributed by atoms with Gasteiger partial charge in [0.25, 0.3) is 5.91 Å². The average molecular weight is 529 g/mol. The first-order valence-corrected chi connectivity index (χ1v) is 12.5. The second kappa shape index (κ2) is 10.6. The molecule has 0 bridgehead atoms. The summed E-state index contributed by atoms with van der Waals surface area (Å²) in [6, 6.07) is 22.7. The topological polar surface area (TPSA) is 85.7 Å². The van der Waals surface area contributed by atoms with E-state index in [4.69, 9.17) is 9.47 Å². The number of benzene rings is 3. The van der Waals surface area contributed by atoms with Gasteiger partial charge >= 0.3 is 0 Å². The zero-order chi connectivity index (χ0) is 27.6. The molecular weight excluding hydrogens is 499 g/mol. The smallest absolute Gasteiger partial charge is 0.273 e. The molecule has 0 unspecified atom stereocenters. The van der Waals surface area contributed by atoms with Crippen molar-refractivity contribution in [3.05, 3.63) is 102 Å². The summed E-state index contributed by atoms with van der Waals surface area (Å²) in [6.07, 6.45) is 0. The number of hydrogen-bond donors (Lipinski definition) is 1. The molecule has 2 amide bonds. The minimum Gasteiger partial charge on any atom is -0.497 e. The van der Waals surface area contributed by atoms with Gasteiger partial charge in [-0.1, -0.05) is 36.4 Å². The fraction of sp³-hybridized carbons (Fsp3) is 0.233. The number of aromatic nitrogens is 2. The maximum atomic E-state index is 14.7. The Morgan fingerprint density at radius 2 is 1.69 bits per heavy atom. The molecule has 0 saturated heterocycles. The van der Waals surface area contributed by atoms with Crippen molar-refractivity contribution in [2.24, 2.45) is 0 Å². The molecule has 1 aliphatic heterocycles. The van der Waals surface area contributed by atoms with Crippen LogP contribution in [-0.2, 0) is 24.4 Å². The molecule has 0 saturated carbocycles. The van der Waals surface area contributed by atoms with Gasteiger partial charge in [0.2, 0.25) is 5.91 Å². The zero-order valence-electron chi connectivity index (χ0n) is 22.0. The Kier molecular flexibility index (Phi) is 7.06. The summed E-state index contributed by atoms with van der Waals surface area (Å²) in [4.78, 5) is 29.1. The molecule has 1 N–H and O–H groups in total. The van der Waals surface area contributed by atoms with Crippen LogP contribution in [0.4, 0.5) is 4.39 Å². The average Bonchev–Trinajstić information content (AvgIpc) is 3.39. The maximum absolute atomic E-state index is 14.7. The highest BCUT2D eigenvalue weighted by Crippen LogP contribution is 2.32. The molecular formula is C30H29FN4O4. The van der Waals surface area contributed by atoms with Crippen molar-refractivity contribution >= 4 is 11.8 Å². The van der Waals surface area contributed by atoms with Gasteiger partial charge in [0.1, 0.15) is 28.5 Å². The lowest BCUT2D eigenvalue weighted by atomic mass is 9.93. The summed E-state index contributed by atoms with van der Waals surface area (Å²) < 4.78 is 26.9. The first-order valence-electron chi connectivity index (χ1n) is 12.5. The molecule has 4 aromatic rings. The molecule has 5 rings (SSSR count). The first-order chi connectivity index (χ1) is 18.8. The second-order valence-corrected chi connectivity index (χ2v) is 9.55. The molecule has 3 aromatic carbocycles. The van der Waals surface area contributed by atoms with Crippen molar-refractivity contribution in [2.45, 2.75) is 32.1 Å². The Balaban J connectivity index is 1.50. The van der Waals surface area contributed by atoms with E-state index in [2.05, 4.69) is 10.4 Å². The largest absolute Gasteiger partial charge is 0.497 e. The van der Waals surface area contributed by atoms with Crippen LogP contribution in [0, 0.1) is 5.82 Å². The van der Waals surface area contributed by atoms with Crippen molar-refractivity contribution < 1.29 is 23.5 Å². The fourth-order valence-corrected chi connectivity index (χ4v) is 4.80. The summed E-state index contributed by atoms with van der Waals surface area (Å²) >= 11 is 0. The number of halogens is 1. The van der Waals surface area contributed by atoms with E-state index in [-0.39, 0.29) is 25.5 Å². The number of carbonyl (C=O) groups excluding carboxylic acids is 2. The minimum absolute atomic E-state index is 0.0763. The normalized spacial score (nSPS) is 16.5. The van der Waals surface area contributed by atoms with E-state index >= 15 is 0 Å². The fourth-order valence-electron chi connectivity index (χ4n) is 4.80. The van der Waals surface area contributed by atoms with E-state index in [1.807, 2.05) is 48.5 Å². The summed E-state index contributed by atoms with van der Waals surface area (Å²) in [5.41, 5.74) is 1.47. The quantitative estimate of drug-likeness (QED) is 0.366. The molecule has 2 heterocycles. The van der Waals surface area contributed by atoms with Crippen molar-refractivity contribution in [1.82, 2.24) is 20.0 Å². The molecule has 0 aliphatic carbocycles. The molecule has 0 spiro atoms. The summed E-state index contributed by atoms with van der Waals surface area (Å²) in [7, 11) is 3.16. The van der Waals surface area contributed by atoms with Crippen molar-refractivity contribution in [3.63, 3.8) is 0 Å². The number of para-hydroxylation sites is 1. The van der Waals surface area contributed by atoms with Crippen LogP contribution in [0.25, 0.3) is 11.3 Å². The highest BCUT2D eigenvalue weighted by Gasteiger charge is 2.48. The summed E-state index contributed by atoms with van der Waals surface area (Å²) in [5, 5.41) is 7.62. The molecule has 39 heavy (non-hydrogen) atoms. The van der Waals surface area contributed by atoms with E-state index in [0.717, 1.165) is 11.1 Å². The van der Waals surface area contributed by atoms with Crippen LogP contribution in [-0.4, -0.2) is 46.3 Å². The van der Waals surface area contributed by atoms with E-state index in [9.17, 15) is 14.0 Å². The second-order valence-electron chi connectivity index (χ2n) is 9.55. The van der Waals surface area contributed by atoms with Crippen molar-refractivity contribution in [1.29, 1.82) is 0 Å². The third-order valence-corrected chi connectivity index (χ3v) is 7.09. The molecule has 0 fully saturated rings. The van der Waals surface area contributed by atoms with Crippen LogP contribution < -0.4 is 14.8 Å². The number of carbonyl (C=O) groups is 2. The molecule has 1 atom stereocenters. The van der Waals surface area contributed by atoms with Crippen LogP contribution in [0.5, 0.6) is 11.5 Å². The monoisotopic (exact) mass is 528 g/mol. The first kappa shape index (κ1) is 26.0. The summed E-state index contributed by atoms with van der Waals surface area (Å²) in [6.45, 7) is 1.90.